The fourth-order valence-corrected chi connectivity index (χ4v) is 1.89. The van der Waals surface area contributed by atoms with Crippen molar-refractivity contribution in [2.24, 2.45) is 0 Å². The van der Waals surface area contributed by atoms with Crippen molar-refractivity contribution >= 4 is 11.6 Å². The van der Waals surface area contributed by atoms with Crippen LogP contribution in [0.4, 0.5) is 14.5 Å². The molecule has 0 saturated heterocycles. The van der Waals surface area contributed by atoms with E-state index in [1.807, 2.05) is 13.8 Å². The molecule has 2 aromatic rings. The molecule has 0 fully saturated rings. The van der Waals surface area contributed by atoms with Crippen LogP contribution in [-0.4, -0.2) is 22.3 Å². The van der Waals surface area contributed by atoms with Gasteiger partial charge in [-0.05, 0) is 32.0 Å². The van der Waals surface area contributed by atoms with Gasteiger partial charge in [-0.3, -0.25) is 9.48 Å². The minimum absolute atomic E-state index is 0.0157. The van der Waals surface area contributed by atoms with Gasteiger partial charge in [0.25, 0.3) is 5.91 Å². The van der Waals surface area contributed by atoms with E-state index in [-0.39, 0.29) is 11.4 Å². The van der Waals surface area contributed by atoms with Crippen molar-refractivity contribution < 1.29 is 18.3 Å². The van der Waals surface area contributed by atoms with E-state index in [1.165, 1.54) is 18.2 Å². The molecule has 0 atom stereocenters. The average molecular weight is 295 g/mol. The highest BCUT2D eigenvalue weighted by atomic mass is 19.3. The summed E-state index contributed by atoms with van der Waals surface area (Å²) in [6.45, 7) is 1.53. The highest BCUT2D eigenvalue weighted by Gasteiger charge is 2.12. The summed E-state index contributed by atoms with van der Waals surface area (Å²) in [5.74, 6) is -0.419. The van der Waals surface area contributed by atoms with Crippen molar-refractivity contribution in [3.8, 4) is 5.75 Å². The van der Waals surface area contributed by atoms with Crippen LogP contribution in [0, 0.1) is 6.92 Å². The molecule has 0 bridgehead atoms. The third-order valence-electron chi connectivity index (χ3n) is 2.83. The Hall–Kier alpha value is -2.44. The number of carbonyl (C=O) groups is 1. The summed E-state index contributed by atoms with van der Waals surface area (Å²) in [6.07, 6.45) is 0. The zero-order valence-corrected chi connectivity index (χ0v) is 11.6. The molecule has 5 nitrogen and oxygen atoms in total. The summed E-state index contributed by atoms with van der Waals surface area (Å²) in [5.41, 5.74) is 1.51. The second-order valence-electron chi connectivity index (χ2n) is 4.35. The fourth-order valence-electron chi connectivity index (χ4n) is 1.89. The van der Waals surface area contributed by atoms with Crippen molar-refractivity contribution in [1.82, 2.24) is 9.78 Å². The number of rotatable bonds is 5. The van der Waals surface area contributed by atoms with E-state index in [0.717, 1.165) is 5.69 Å². The second kappa shape index (κ2) is 6.34. The molecule has 1 aromatic heterocycles. The minimum atomic E-state index is -2.90. The topological polar surface area (TPSA) is 56.2 Å². The second-order valence-corrected chi connectivity index (χ2v) is 4.35. The molecule has 1 heterocycles. The van der Waals surface area contributed by atoms with Gasteiger partial charge in [-0.15, -0.1) is 0 Å². The average Bonchev–Trinajstić information content (AvgIpc) is 2.79. The number of hydrogen-bond donors (Lipinski definition) is 1. The molecular formula is C14H15F2N3O2. The standard InChI is InChI=1S/C14H15F2N3O2/c1-3-19-9(2)7-12(18-19)13(20)17-10-5-4-6-11(8-10)21-14(15)16/h4-8,14H,3H2,1-2H3,(H,17,20). The van der Waals surface area contributed by atoms with Gasteiger partial charge in [-0.2, -0.15) is 13.9 Å². The number of aryl methyl sites for hydroxylation is 2. The van der Waals surface area contributed by atoms with Crippen molar-refractivity contribution in [3.63, 3.8) is 0 Å². The number of carbonyl (C=O) groups excluding carboxylic acids is 1. The molecule has 0 aliphatic rings. The number of benzene rings is 1. The SMILES string of the molecule is CCn1nc(C(=O)Nc2cccc(OC(F)F)c2)cc1C. The van der Waals surface area contributed by atoms with Crippen LogP contribution in [0.3, 0.4) is 0 Å². The maximum Gasteiger partial charge on any atom is 0.387 e. The largest absolute Gasteiger partial charge is 0.435 e. The van der Waals surface area contributed by atoms with Crippen molar-refractivity contribution in [1.29, 1.82) is 0 Å². The minimum Gasteiger partial charge on any atom is -0.435 e. The molecule has 7 heteroatoms. The highest BCUT2D eigenvalue weighted by Crippen LogP contribution is 2.19. The molecule has 1 amide bonds. The lowest BCUT2D eigenvalue weighted by Crippen LogP contribution is -2.13. The third-order valence-corrected chi connectivity index (χ3v) is 2.83. The van der Waals surface area contributed by atoms with Gasteiger partial charge in [0.1, 0.15) is 5.75 Å². The van der Waals surface area contributed by atoms with E-state index < -0.39 is 12.5 Å². The molecular weight excluding hydrogens is 280 g/mol. The molecule has 0 unspecified atom stereocenters. The van der Waals surface area contributed by atoms with Crippen LogP contribution in [0.2, 0.25) is 0 Å². The number of halogens is 2. The number of alkyl halides is 2. The van der Waals surface area contributed by atoms with Gasteiger partial charge in [0.05, 0.1) is 0 Å². The molecule has 1 N–H and O–H groups in total. The Kier molecular flexibility index (Phi) is 4.52. The maximum atomic E-state index is 12.1. The van der Waals surface area contributed by atoms with E-state index >= 15 is 0 Å². The lowest BCUT2D eigenvalue weighted by molar-refractivity contribution is -0.0497. The predicted molar refractivity (Wildman–Crippen MR) is 73.7 cm³/mol. The lowest BCUT2D eigenvalue weighted by atomic mass is 10.3. The van der Waals surface area contributed by atoms with E-state index in [1.54, 1.807) is 16.8 Å². The summed E-state index contributed by atoms with van der Waals surface area (Å²) in [5, 5.41) is 6.75. The number of hydrogen-bond acceptors (Lipinski definition) is 3. The smallest absolute Gasteiger partial charge is 0.387 e. The number of aromatic nitrogens is 2. The Balaban J connectivity index is 2.11. The molecule has 0 spiro atoms. The van der Waals surface area contributed by atoms with Crippen LogP contribution in [-0.2, 0) is 6.54 Å². The lowest BCUT2D eigenvalue weighted by Gasteiger charge is -2.07. The zero-order chi connectivity index (χ0) is 15.4. The molecule has 21 heavy (non-hydrogen) atoms. The van der Waals surface area contributed by atoms with Gasteiger partial charge < -0.3 is 10.1 Å². The number of nitrogens with zero attached hydrogens (tertiary/aromatic N) is 2. The van der Waals surface area contributed by atoms with E-state index in [9.17, 15) is 13.6 Å². The van der Waals surface area contributed by atoms with Crippen LogP contribution in [0.25, 0.3) is 0 Å². The van der Waals surface area contributed by atoms with Gasteiger partial charge >= 0.3 is 6.61 Å². The summed E-state index contributed by atoms with van der Waals surface area (Å²) in [7, 11) is 0. The molecule has 0 radical (unpaired) electrons. The molecule has 0 aliphatic carbocycles. The van der Waals surface area contributed by atoms with E-state index in [0.29, 0.717) is 12.2 Å². The first-order valence-electron chi connectivity index (χ1n) is 6.40. The van der Waals surface area contributed by atoms with Crippen LogP contribution < -0.4 is 10.1 Å². The Morgan fingerprint density at radius 2 is 2.19 bits per heavy atom. The fraction of sp³-hybridized carbons (Fsp3) is 0.286. The van der Waals surface area contributed by atoms with Crippen molar-refractivity contribution in [2.75, 3.05) is 5.32 Å². The summed E-state index contributed by atoms with van der Waals surface area (Å²) < 4.78 is 30.3. The number of ether oxygens (including phenoxy) is 1. The van der Waals surface area contributed by atoms with Crippen molar-refractivity contribution in [2.45, 2.75) is 27.0 Å². The Bertz CT molecular complexity index is 641. The van der Waals surface area contributed by atoms with Crippen molar-refractivity contribution in [3.05, 3.63) is 41.7 Å². The van der Waals surface area contributed by atoms with Crippen LogP contribution >= 0.6 is 0 Å². The Morgan fingerprint density at radius 3 is 2.81 bits per heavy atom. The highest BCUT2D eigenvalue weighted by molar-refractivity contribution is 6.03. The van der Waals surface area contributed by atoms with Gasteiger partial charge in [-0.25, -0.2) is 0 Å². The quantitative estimate of drug-likeness (QED) is 0.922. The van der Waals surface area contributed by atoms with Gasteiger partial charge in [0.2, 0.25) is 0 Å². The molecule has 112 valence electrons. The molecule has 0 saturated carbocycles. The number of nitrogens with one attached hydrogen (secondary N) is 1. The summed E-state index contributed by atoms with van der Waals surface area (Å²) in [6, 6.07) is 7.48. The van der Waals surface area contributed by atoms with Crippen LogP contribution in [0.1, 0.15) is 23.1 Å². The summed E-state index contributed by atoms with van der Waals surface area (Å²) in [4.78, 5) is 12.1. The van der Waals surface area contributed by atoms with E-state index in [4.69, 9.17) is 0 Å². The Labute approximate surface area is 120 Å². The first-order chi connectivity index (χ1) is 9.99. The third kappa shape index (κ3) is 3.77. The molecule has 0 aliphatic heterocycles. The predicted octanol–water partition coefficient (Wildman–Crippen LogP) is 3.07. The monoisotopic (exact) mass is 295 g/mol. The summed E-state index contributed by atoms with van der Waals surface area (Å²) >= 11 is 0. The first kappa shape index (κ1) is 15.0. The van der Waals surface area contributed by atoms with Gasteiger partial charge in [-0.1, -0.05) is 6.07 Å². The van der Waals surface area contributed by atoms with E-state index in [2.05, 4.69) is 15.2 Å². The van der Waals surface area contributed by atoms with Crippen LogP contribution in [0.5, 0.6) is 5.75 Å². The van der Waals surface area contributed by atoms with Crippen LogP contribution in [0.15, 0.2) is 30.3 Å². The number of amides is 1. The molecule has 2 rings (SSSR count). The maximum absolute atomic E-state index is 12.1. The van der Waals surface area contributed by atoms with Gasteiger partial charge in [0.15, 0.2) is 5.69 Å². The molecule has 1 aromatic carbocycles. The normalized spacial score (nSPS) is 10.7. The Morgan fingerprint density at radius 1 is 1.43 bits per heavy atom. The number of anilines is 1. The first-order valence-corrected chi connectivity index (χ1v) is 6.40. The van der Waals surface area contributed by atoms with Gasteiger partial charge in [0, 0.05) is 24.0 Å². The zero-order valence-electron chi connectivity index (χ0n) is 11.6.